The van der Waals surface area contributed by atoms with E-state index >= 15 is 0 Å². The van der Waals surface area contributed by atoms with Gasteiger partial charge in [-0.1, -0.05) is 18.2 Å². The fourth-order valence-corrected chi connectivity index (χ4v) is 5.69. The maximum Gasteiger partial charge on any atom is 0.251 e. The molecule has 2 atom stereocenters. The SMILES string of the molecule is C[C@@H]1CN(S(=O)(=O)c2cccc(C(=O)NCCc3ccc(S(N)(=O)=O)cc3)c2)C[C@H](C)O1. The number of amides is 1. The van der Waals surface area contributed by atoms with Crippen molar-refractivity contribution in [1.82, 2.24) is 9.62 Å². The molecular formula is C21H27N3O6S2. The van der Waals surface area contributed by atoms with Crippen LogP contribution in [0.4, 0.5) is 0 Å². The van der Waals surface area contributed by atoms with E-state index in [2.05, 4.69) is 5.32 Å². The third kappa shape index (κ3) is 5.93. The molecule has 9 nitrogen and oxygen atoms in total. The van der Waals surface area contributed by atoms with Gasteiger partial charge in [-0.05, 0) is 56.2 Å². The number of primary sulfonamides is 1. The number of nitrogens with one attached hydrogen (secondary N) is 1. The summed E-state index contributed by atoms with van der Waals surface area (Å²) in [6.45, 7) is 4.46. The Bertz CT molecular complexity index is 1170. The van der Waals surface area contributed by atoms with Crippen LogP contribution in [0.5, 0.6) is 0 Å². The Hall–Kier alpha value is -2.31. The van der Waals surface area contributed by atoms with Crippen molar-refractivity contribution in [3.05, 3.63) is 59.7 Å². The Kier molecular flexibility index (Phi) is 7.36. The van der Waals surface area contributed by atoms with Crippen LogP contribution in [0.3, 0.4) is 0 Å². The Morgan fingerprint density at radius 3 is 2.25 bits per heavy atom. The van der Waals surface area contributed by atoms with Crippen molar-refractivity contribution < 1.29 is 26.4 Å². The van der Waals surface area contributed by atoms with E-state index in [1.54, 1.807) is 24.3 Å². The zero-order valence-corrected chi connectivity index (χ0v) is 19.5. The smallest absolute Gasteiger partial charge is 0.251 e. The van der Waals surface area contributed by atoms with Crippen LogP contribution in [0.25, 0.3) is 0 Å². The molecule has 0 saturated carbocycles. The van der Waals surface area contributed by atoms with E-state index in [1.165, 1.54) is 28.6 Å². The van der Waals surface area contributed by atoms with Crippen LogP contribution in [0.2, 0.25) is 0 Å². The van der Waals surface area contributed by atoms with E-state index in [9.17, 15) is 21.6 Å². The number of carbonyl (C=O) groups excluding carboxylic acids is 1. The first kappa shape index (κ1) is 24.3. The molecule has 0 unspecified atom stereocenters. The second-order valence-corrected chi connectivity index (χ2v) is 11.3. The first-order chi connectivity index (χ1) is 15.0. The van der Waals surface area contributed by atoms with Crippen molar-refractivity contribution in [3.63, 3.8) is 0 Å². The third-order valence-corrected chi connectivity index (χ3v) is 7.83. The van der Waals surface area contributed by atoms with Crippen LogP contribution < -0.4 is 10.5 Å². The summed E-state index contributed by atoms with van der Waals surface area (Å²) >= 11 is 0. The number of morpholine rings is 1. The molecule has 3 N–H and O–H groups in total. The lowest BCUT2D eigenvalue weighted by atomic mass is 10.1. The van der Waals surface area contributed by atoms with Gasteiger partial charge in [-0.3, -0.25) is 4.79 Å². The molecule has 11 heteroatoms. The van der Waals surface area contributed by atoms with Crippen LogP contribution in [-0.4, -0.2) is 58.9 Å². The number of sulfonamides is 2. The molecule has 174 valence electrons. The molecular weight excluding hydrogens is 454 g/mol. The minimum absolute atomic E-state index is 0.0207. The second-order valence-electron chi connectivity index (χ2n) is 7.80. The lowest BCUT2D eigenvalue weighted by Crippen LogP contribution is -2.48. The summed E-state index contributed by atoms with van der Waals surface area (Å²) in [4.78, 5) is 12.6. The number of hydrogen-bond donors (Lipinski definition) is 2. The normalized spacial score (nSPS) is 20.1. The number of benzene rings is 2. The summed E-state index contributed by atoms with van der Waals surface area (Å²) in [5.41, 5.74) is 1.06. The molecule has 0 radical (unpaired) electrons. The number of rotatable bonds is 7. The van der Waals surface area contributed by atoms with Gasteiger partial charge in [0.15, 0.2) is 0 Å². The maximum absolute atomic E-state index is 13.0. The zero-order valence-electron chi connectivity index (χ0n) is 17.9. The van der Waals surface area contributed by atoms with Crippen molar-refractivity contribution in [1.29, 1.82) is 0 Å². The minimum Gasteiger partial charge on any atom is -0.373 e. The zero-order chi connectivity index (χ0) is 23.5. The van der Waals surface area contributed by atoms with Crippen LogP contribution in [-0.2, 0) is 31.2 Å². The van der Waals surface area contributed by atoms with Crippen molar-refractivity contribution in [3.8, 4) is 0 Å². The van der Waals surface area contributed by atoms with Crippen molar-refractivity contribution in [2.24, 2.45) is 5.14 Å². The van der Waals surface area contributed by atoms with E-state index in [0.717, 1.165) is 5.56 Å². The monoisotopic (exact) mass is 481 g/mol. The van der Waals surface area contributed by atoms with Crippen LogP contribution in [0.1, 0.15) is 29.8 Å². The first-order valence-electron chi connectivity index (χ1n) is 10.1. The van der Waals surface area contributed by atoms with E-state index in [0.29, 0.717) is 13.0 Å². The predicted octanol–water partition coefficient (Wildman–Crippen LogP) is 1.10. The molecule has 1 saturated heterocycles. The van der Waals surface area contributed by atoms with Gasteiger partial charge in [-0.2, -0.15) is 4.31 Å². The standard InChI is InChI=1S/C21H27N3O6S2/c1-15-13-24(14-16(2)30-15)32(28,29)20-5-3-4-18(12-20)21(25)23-11-10-17-6-8-19(9-7-17)31(22,26)27/h3-9,12,15-16H,10-11,13-14H2,1-2H3,(H,23,25)(H2,22,26,27)/t15-,16+. The molecule has 0 aliphatic carbocycles. The van der Waals surface area contributed by atoms with E-state index in [-0.39, 0.29) is 40.7 Å². The summed E-state index contributed by atoms with van der Waals surface area (Å²) in [5, 5.41) is 7.83. The van der Waals surface area contributed by atoms with Gasteiger partial charge in [-0.15, -0.1) is 0 Å². The molecule has 2 aromatic carbocycles. The fraction of sp³-hybridized carbons (Fsp3) is 0.381. The molecule has 1 heterocycles. The predicted molar refractivity (Wildman–Crippen MR) is 119 cm³/mol. The molecule has 0 spiro atoms. The molecule has 32 heavy (non-hydrogen) atoms. The Balaban J connectivity index is 1.64. The van der Waals surface area contributed by atoms with Gasteiger partial charge in [0.05, 0.1) is 22.0 Å². The summed E-state index contributed by atoms with van der Waals surface area (Å²) in [5.74, 6) is -0.396. The van der Waals surface area contributed by atoms with Gasteiger partial charge in [0.25, 0.3) is 5.91 Å². The van der Waals surface area contributed by atoms with Crippen LogP contribution in [0.15, 0.2) is 58.3 Å². The minimum atomic E-state index is -3.75. The number of carbonyl (C=O) groups is 1. The lowest BCUT2D eigenvalue weighted by molar-refractivity contribution is -0.0440. The highest BCUT2D eigenvalue weighted by Crippen LogP contribution is 2.22. The van der Waals surface area contributed by atoms with Gasteiger partial charge < -0.3 is 10.1 Å². The van der Waals surface area contributed by atoms with Gasteiger partial charge in [0, 0.05) is 25.2 Å². The summed E-state index contributed by atoms with van der Waals surface area (Å²) in [7, 11) is -7.50. The highest BCUT2D eigenvalue weighted by Gasteiger charge is 2.32. The lowest BCUT2D eigenvalue weighted by Gasteiger charge is -2.34. The van der Waals surface area contributed by atoms with Crippen LogP contribution >= 0.6 is 0 Å². The van der Waals surface area contributed by atoms with Crippen molar-refractivity contribution >= 4 is 26.0 Å². The Morgan fingerprint density at radius 2 is 1.66 bits per heavy atom. The molecule has 0 aromatic heterocycles. The van der Waals surface area contributed by atoms with Crippen molar-refractivity contribution in [2.75, 3.05) is 19.6 Å². The van der Waals surface area contributed by atoms with Gasteiger partial charge in [0.1, 0.15) is 0 Å². The van der Waals surface area contributed by atoms with E-state index in [1.807, 2.05) is 13.8 Å². The topological polar surface area (TPSA) is 136 Å². The number of nitrogens with two attached hydrogens (primary N) is 1. The molecule has 3 rings (SSSR count). The van der Waals surface area contributed by atoms with E-state index in [4.69, 9.17) is 9.88 Å². The quantitative estimate of drug-likeness (QED) is 0.608. The molecule has 1 aliphatic rings. The van der Waals surface area contributed by atoms with Crippen LogP contribution in [0, 0.1) is 0 Å². The average Bonchev–Trinajstić information content (AvgIpc) is 2.73. The van der Waals surface area contributed by atoms with Gasteiger partial charge >= 0.3 is 0 Å². The first-order valence-corrected chi connectivity index (χ1v) is 13.1. The molecule has 2 aromatic rings. The Morgan fingerprint density at radius 1 is 1.03 bits per heavy atom. The second kappa shape index (κ2) is 9.67. The molecule has 0 bridgehead atoms. The Labute approximate surface area is 188 Å². The summed E-state index contributed by atoms with van der Waals surface area (Å²) in [6.07, 6.45) is 0.0520. The average molecular weight is 482 g/mol. The molecule has 1 amide bonds. The fourth-order valence-electron chi connectivity index (χ4n) is 3.54. The maximum atomic E-state index is 13.0. The number of ether oxygens (including phenoxy) is 1. The molecule has 1 aliphatic heterocycles. The number of nitrogens with zero attached hydrogens (tertiary/aromatic N) is 1. The van der Waals surface area contributed by atoms with E-state index < -0.39 is 26.0 Å². The summed E-state index contributed by atoms with van der Waals surface area (Å²) < 4.78 is 55.7. The van der Waals surface area contributed by atoms with Crippen molar-refractivity contribution in [2.45, 2.75) is 42.3 Å². The summed E-state index contributed by atoms with van der Waals surface area (Å²) in [6, 6.07) is 12.0. The largest absolute Gasteiger partial charge is 0.373 e. The van der Waals surface area contributed by atoms with Gasteiger partial charge in [-0.25, -0.2) is 22.0 Å². The highest BCUT2D eigenvalue weighted by molar-refractivity contribution is 7.89. The number of hydrogen-bond acceptors (Lipinski definition) is 6. The molecule has 1 fully saturated rings. The third-order valence-electron chi connectivity index (χ3n) is 5.07. The highest BCUT2D eigenvalue weighted by atomic mass is 32.2. The van der Waals surface area contributed by atoms with Gasteiger partial charge in [0.2, 0.25) is 20.0 Å².